The molecule has 1 aromatic heterocycles. The number of carbonyl (C=O) groups excluding carboxylic acids is 1. The monoisotopic (exact) mass is 238 g/mol. The summed E-state index contributed by atoms with van der Waals surface area (Å²) in [6.07, 6.45) is 3.62. The van der Waals surface area contributed by atoms with Gasteiger partial charge in [0, 0.05) is 24.5 Å². The third-order valence-corrected chi connectivity index (χ3v) is 2.53. The van der Waals surface area contributed by atoms with Crippen LogP contribution >= 0.6 is 0 Å². The van der Waals surface area contributed by atoms with Gasteiger partial charge in [-0.1, -0.05) is 6.92 Å². The molecule has 17 heavy (non-hydrogen) atoms. The third-order valence-electron chi connectivity index (χ3n) is 2.53. The van der Waals surface area contributed by atoms with Crippen molar-refractivity contribution in [2.24, 2.45) is 11.7 Å². The molecular weight excluding hydrogens is 216 g/mol. The molecule has 0 spiro atoms. The van der Waals surface area contributed by atoms with Gasteiger partial charge in [0.2, 0.25) is 5.91 Å². The molecule has 5 heteroatoms. The van der Waals surface area contributed by atoms with E-state index in [1.165, 1.54) is 0 Å². The molecule has 1 amide bonds. The number of hydrogen-bond donors (Lipinski definition) is 2. The van der Waals surface area contributed by atoms with Gasteiger partial charge in [-0.2, -0.15) is 0 Å². The van der Waals surface area contributed by atoms with Crippen molar-refractivity contribution in [3.8, 4) is 0 Å². The van der Waals surface area contributed by atoms with Gasteiger partial charge in [0.15, 0.2) is 0 Å². The van der Waals surface area contributed by atoms with E-state index in [1.54, 1.807) is 6.20 Å². The summed E-state index contributed by atoms with van der Waals surface area (Å²) in [7, 11) is 0. The molecule has 0 saturated carbocycles. The zero-order valence-corrected chi connectivity index (χ0v) is 11.0. The molecule has 0 radical (unpaired) electrons. The summed E-state index contributed by atoms with van der Waals surface area (Å²) in [5.41, 5.74) is 5.31. The lowest BCUT2D eigenvalue weighted by molar-refractivity contribution is -0.121. The largest absolute Gasteiger partial charge is 0.369 e. The summed E-state index contributed by atoms with van der Waals surface area (Å²) in [5, 5.41) is 3.37. The molecule has 96 valence electrons. The van der Waals surface area contributed by atoms with Crippen molar-refractivity contribution < 1.29 is 4.79 Å². The lowest BCUT2D eigenvalue weighted by Gasteiger charge is -2.21. The number of hydrogen-bond acceptors (Lipinski definition) is 3. The smallest absolute Gasteiger partial charge is 0.222 e. The normalized spacial score (nSPS) is 13.6. The average Bonchev–Trinajstić information content (AvgIpc) is 2.61. The lowest BCUT2D eigenvalue weighted by atomic mass is 10.1. The molecule has 0 saturated heterocycles. The maximum atomic E-state index is 11.0. The number of nitrogens with zero attached hydrogens (tertiary/aromatic N) is 2. The molecule has 0 aliphatic heterocycles. The predicted octanol–water partition coefficient (Wildman–Crippen LogP) is 0.893. The van der Waals surface area contributed by atoms with Gasteiger partial charge >= 0.3 is 0 Å². The maximum absolute atomic E-state index is 11.0. The minimum absolute atomic E-state index is 0.0477. The van der Waals surface area contributed by atoms with E-state index in [0.717, 1.165) is 5.82 Å². The Balaban J connectivity index is 2.63. The highest BCUT2D eigenvalue weighted by molar-refractivity contribution is 5.76. The Labute approximate surface area is 102 Å². The van der Waals surface area contributed by atoms with Crippen molar-refractivity contribution in [2.75, 3.05) is 0 Å². The predicted molar refractivity (Wildman–Crippen MR) is 67.2 cm³/mol. The van der Waals surface area contributed by atoms with Gasteiger partial charge in [0.1, 0.15) is 5.82 Å². The first-order valence-corrected chi connectivity index (χ1v) is 5.84. The van der Waals surface area contributed by atoms with Crippen LogP contribution < -0.4 is 11.1 Å². The number of nitrogens with one attached hydrogen (secondary N) is 1. The first-order valence-electron chi connectivity index (χ1n) is 5.84. The second-order valence-electron chi connectivity index (χ2n) is 5.40. The van der Waals surface area contributed by atoms with Crippen molar-refractivity contribution in [2.45, 2.75) is 46.3 Å². The summed E-state index contributed by atoms with van der Waals surface area (Å²) < 4.78 is 1.97. The number of carbonyl (C=O) groups is 1. The van der Waals surface area contributed by atoms with Crippen LogP contribution in [0.1, 0.15) is 33.5 Å². The highest BCUT2D eigenvalue weighted by atomic mass is 16.1. The molecule has 1 atom stereocenters. The summed E-state index contributed by atoms with van der Waals surface area (Å²) in [5.74, 6) is 0.457. The zero-order chi connectivity index (χ0) is 13.1. The summed E-state index contributed by atoms with van der Waals surface area (Å²) in [6, 6.07) is 0. The minimum atomic E-state index is -0.284. The molecule has 1 unspecified atom stereocenters. The van der Waals surface area contributed by atoms with Crippen LogP contribution in [0, 0.1) is 5.92 Å². The van der Waals surface area contributed by atoms with E-state index >= 15 is 0 Å². The molecular formula is C12H22N4O. The van der Waals surface area contributed by atoms with Crippen molar-refractivity contribution in [1.82, 2.24) is 14.9 Å². The minimum Gasteiger partial charge on any atom is -0.369 e. The van der Waals surface area contributed by atoms with E-state index in [-0.39, 0.29) is 17.4 Å². The highest BCUT2D eigenvalue weighted by Gasteiger charge is 2.14. The molecule has 0 aliphatic carbocycles. The quantitative estimate of drug-likeness (QED) is 0.800. The van der Waals surface area contributed by atoms with E-state index in [1.807, 2.05) is 17.7 Å². The number of imidazole rings is 1. The van der Waals surface area contributed by atoms with Gasteiger partial charge in [-0.3, -0.25) is 4.79 Å². The van der Waals surface area contributed by atoms with Gasteiger partial charge in [-0.05, 0) is 20.8 Å². The molecule has 0 aliphatic rings. The Bertz CT molecular complexity index is 378. The number of rotatable bonds is 5. The molecule has 1 heterocycles. The summed E-state index contributed by atoms with van der Waals surface area (Å²) >= 11 is 0. The summed E-state index contributed by atoms with van der Waals surface area (Å²) in [6.45, 7) is 9.40. The van der Waals surface area contributed by atoms with Crippen molar-refractivity contribution in [1.29, 1.82) is 0 Å². The topological polar surface area (TPSA) is 72.9 Å². The SMILES string of the molecule is CC(Cn1ccnc1CNC(C)(C)C)C(N)=O. The Morgan fingerprint density at radius 2 is 2.24 bits per heavy atom. The molecule has 0 bridgehead atoms. The Morgan fingerprint density at radius 3 is 2.76 bits per heavy atom. The van der Waals surface area contributed by atoms with Gasteiger partial charge in [0.05, 0.1) is 12.5 Å². The van der Waals surface area contributed by atoms with E-state index in [2.05, 4.69) is 31.1 Å². The van der Waals surface area contributed by atoms with E-state index in [9.17, 15) is 4.79 Å². The molecule has 1 rings (SSSR count). The molecule has 3 N–H and O–H groups in total. The number of aromatic nitrogens is 2. The van der Waals surface area contributed by atoms with Crippen LogP contribution in [0.15, 0.2) is 12.4 Å². The first kappa shape index (κ1) is 13.7. The van der Waals surface area contributed by atoms with Crippen molar-refractivity contribution in [3.63, 3.8) is 0 Å². The Hall–Kier alpha value is -1.36. The number of nitrogens with two attached hydrogens (primary N) is 1. The number of primary amides is 1. The molecule has 0 fully saturated rings. The van der Waals surface area contributed by atoms with Crippen LogP contribution in [-0.4, -0.2) is 21.0 Å². The summed E-state index contributed by atoms with van der Waals surface area (Å²) in [4.78, 5) is 15.3. The fraction of sp³-hybridized carbons (Fsp3) is 0.667. The standard InChI is InChI=1S/C12H22N4O/c1-9(11(13)17)8-16-6-5-14-10(16)7-15-12(2,3)4/h5-6,9,15H,7-8H2,1-4H3,(H2,13,17). The van der Waals surface area contributed by atoms with E-state index in [4.69, 9.17) is 5.73 Å². The second-order valence-corrected chi connectivity index (χ2v) is 5.40. The highest BCUT2D eigenvalue weighted by Crippen LogP contribution is 2.06. The molecule has 1 aromatic rings. The lowest BCUT2D eigenvalue weighted by Crippen LogP contribution is -2.36. The third kappa shape index (κ3) is 4.56. The average molecular weight is 238 g/mol. The van der Waals surface area contributed by atoms with Crippen molar-refractivity contribution in [3.05, 3.63) is 18.2 Å². The van der Waals surface area contributed by atoms with E-state index in [0.29, 0.717) is 13.1 Å². The maximum Gasteiger partial charge on any atom is 0.222 e. The zero-order valence-electron chi connectivity index (χ0n) is 11.0. The molecule has 5 nitrogen and oxygen atoms in total. The Morgan fingerprint density at radius 1 is 1.59 bits per heavy atom. The van der Waals surface area contributed by atoms with E-state index < -0.39 is 0 Å². The Kier molecular flexibility index (Phi) is 4.28. The van der Waals surface area contributed by atoms with Gasteiger partial charge in [0.25, 0.3) is 0 Å². The van der Waals surface area contributed by atoms with Gasteiger partial charge in [-0.15, -0.1) is 0 Å². The fourth-order valence-corrected chi connectivity index (χ4v) is 1.40. The van der Waals surface area contributed by atoms with Crippen LogP contribution in [0.3, 0.4) is 0 Å². The van der Waals surface area contributed by atoms with Crippen LogP contribution in [-0.2, 0) is 17.9 Å². The van der Waals surface area contributed by atoms with Crippen molar-refractivity contribution >= 4 is 5.91 Å². The first-order chi connectivity index (χ1) is 7.79. The van der Waals surface area contributed by atoms with Gasteiger partial charge < -0.3 is 15.6 Å². The molecule has 0 aromatic carbocycles. The second kappa shape index (κ2) is 5.31. The van der Waals surface area contributed by atoms with Crippen LogP contribution in [0.2, 0.25) is 0 Å². The van der Waals surface area contributed by atoms with Crippen LogP contribution in [0.25, 0.3) is 0 Å². The van der Waals surface area contributed by atoms with Crippen LogP contribution in [0.4, 0.5) is 0 Å². The number of amides is 1. The fourth-order valence-electron chi connectivity index (χ4n) is 1.40. The van der Waals surface area contributed by atoms with Gasteiger partial charge in [-0.25, -0.2) is 4.98 Å². The van der Waals surface area contributed by atoms with Crippen LogP contribution in [0.5, 0.6) is 0 Å².